The van der Waals surface area contributed by atoms with E-state index in [4.69, 9.17) is 4.74 Å². The molecule has 2 heterocycles. The SMILES string of the molecule is c1csc(-c2ccccc2CCCN2CCOCC2)c1. The summed E-state index contributed by atoms with van der Waals surface area (Å²) >= 11 is 1.82. The van der Waals surface area contributed by atoms with E-state index in [9.17, 15) is 0 Å². The number of nitrogens with zero attached hydrogens (tertiary/aromatic N) is 1. The molecule has 0 bridgehead atoms. The van der Waals surface area contributed by atoms with E-state index in [1.807, 2.05) is 11.3 Å². The van der Waals surface area contributed by atoms with E-state index in [2.05, 4.69) is 46.7 Å². The Kier molecular flexibility index (Phi) is 4.85. The summed E-state index contributed by atoms with van der Waals surface area (Å²) in [6.07, 6.45) is 2.38. The van der Waals surface area contributed by atoms with Crippen LogP contribution in [0.5, 0.6) is 0 Å². The molecule has 3 rings (SSSR count). The minimum absolute atomic E-state index is 0.895. The summed E-state index contributed by atoms with van der Waals surface area (Å²) in [5, 5.41) is 2.15. The second-order valence-corrected chi connectivity index (χ2v) is 6.14. The Bertz CT molecular complexity index is 518. The smallest absolute Gasteiger partial charge is 0.0594 e. The number of rotatable bonds is 5. The normalized spacial score (nSPS) is 16.4. The highest BCUT2D eigenvalue weighted by atomic mass is 32.1. The van der Waals surface area contributed by atoms with Crippen LogP contribution in [0.4, 0.5) is 0 Å². The van der Waals surface area contributed by atoms with E-state index < -0.39 is 0 Å². The summed E-state index contributed by atoms with van der Waals surface area (Å²) < 4.78 is 5.39. The Morgan fingerprint density at radius 2 is 1.90 bits per heavy atom. The van der Waals surface area contributed by atoms with Crippen molar-refractivity contribution < 1.29 is 4.74 Å². The number of thiophene rings is 1. The lowest BCUT2D eigenvalue weighted by Gasteiger charge is -2.26. The van der Waals surface area contributed by atoms with Gasteiger partial charge in [0.2, 0.25) is 0 Å². The van der Waals surface area contributed by atoms with Crippen molar-refractivity contribution in [1.29, 1.82) is 0 Å². The van der Waals surface area contributed by atoms with Crippen molar-refractivity contribution in [2.24, 2.45) is 0 Å². The first-order chi connectivity index (χ1) is 9.93. The largest absolute Gasteiger partial charge is 0.379 e. The number of hydrogen-bond donors (Lipinski definition) is 0. The van der Waals surface area contributed by atoms with Gasteiger partial charge in [0.15, 0.2) is 0 Å². The first-order valence-corrected chi connectivity index (χ1v) is 8.23. The number of aryl methyl sites for hydroxylation is 1. The van der Waals surface area contributed by atoms with Gasteiger partial charge in [0.1, 0.15) is 0 Å². The van der Waals surface area contributed by atoms with Crippen LogP contribution in [0.25, 0.3) is 10.4 Å². The summed E-state index contributed by atoms with van der Waals surface area (Å²) in [7, 11) is 0. The Hall–Kier alpha value is -1.16. The fourth-order valence-corrected chi connectivity index (χ4v) is 3.52. The van der Waals surface area contributed by atoms with Gasteiger partial charge in [0, 0.05) is 18.0 Å². The predicted molar refractivity (Wildman–Crippen MR) is 85.3 cm³/mol. The van der Waals surface area contributed by atoms with Crippen molar-refractivity contribution >= 4 is 11.3 Å². The highest BCUT2D eigenvalue weighted by Crippen LogP contribution is 2.28. The van der Waals surface area contributed by atoms with E-state index in [-0.39, 0.29) is 0 Å². The Morgan fingerprint density at radius 1 is 1.05 bits per heavy atom. The predicted octanol–water partition coefficient (Wildman–Crippen LogP) is 3.68. The van der Waals surface area contributed by atoms with Gasteiger partial charge in [-0.05, 0) is 42.0 Å². The highest BCUT2D eigenvalue weighted by molar-refractivity contribution is 7.13. The number of hydrogen-bond acceptors (Lipinski definition) is 3. The fraction of sp³-hybridized carbons (Fsp3) is 0.412. The molecule has 106 valence electrons. The van der Waals surface area contributed by atoms with Crippen LogP contribution in [-0.4, -0.2) is 37.7 Å². The quantitative estimate of drug-likeness (QED) is 0.832. The van der Waals surface area contributed by atoms with Crippen LogP contribution in [0.3, 0.4) is 0 Å². The van der Waals surface area contributed by atoms with Crippen LogP contribution in [0.15, 0.2) is 41.8 Å². The van der Waals surface area contributed by atoms with Crippen LogP contribution >= 0.6 is 11.3 Å². The molecule has 2 aromatic rings. The highest BCUT2D eigenvalue weighted by Gasteiger charge is 2.10. The summed E-state index contributed by atoms with van der Waals surface area (Å²) in [4.78, 5) is 3.89. The van der Waals surface area contributed by atoms with Crippen LogP contribution in [0.2, 0.25) is 0 Å². The zero-order valence-corrected chi connectivity index (χ0v) is 12.6. The van der Waals surface area contributed by atoms with E-state index in [0.717, 1.165) is 32.7 Å². The van der Waals surface area contributed by atoms with E-state index in [1.165, 1.54) is 29.0 Å². The van der Waals surface area contributed by atoms with Crippen molar-refractivity contribution in [3.05, 3.63) is 47.3 Å². The molecule has 1 aromatic heterocycles. The molecule has 2 nitrogen and oxygen atoms in total. The molecule has 0 spiro atoms. The van der Waals surface area contributed by atoms with Crippen molar-refractivity contribution in [1.82, 2.24) is 4.90 Å². The molecule has 0 saturated carbocycles. The molecule has 0 amide bonds. The number of morpholine rings is 1. The molecular formula is C17H21NOS. The van der Waals surface area contributed by atoms with Gasteiger partial charge in [0.25, 0.3) is 0 Å². The third-order valence-electron chi connectivity index (χ3n) is 3.83. The molecule has 1 fully saturated rings. The van der Waals surface area contributed by atoms with Crippen molar-refractivity contribution in [3.63, 3.8) is 0 Å². The first kappa shape index (κ1) is 13.8. The summed E-state index contributed by atoms with van der Waals surface area (Å²) in [6.45, 7) is 5.15. The van der Waals surface area contributed by atoms with Gasteiger partial charge in [-0.2, -0.15) is 0 Å². The maximum absolute atomic E-state index is 5.39. The molecule has 0 unspecified atom stereocenters. The van der Waals surface area contributed by atoms with E-state index >= 15 is 0 Å². The molecule has 3 heteroatoms. The third-order valence-corrected chi connectivity index (χ3v) is 4.73. The van der Waals surface area contributed by atoms with Gasteiger partial charge < -0.3 is 4.74 Å². The molecule has 0 radical (unpaired) electrons. The Balaban J connectivity index is 1.60. The molecular weight excluding hydrogens is 266 g/mol. The van der Waals surface area contributed by atoms with Crippen molar-refractivity contribution in [2.75, 3.05) is 32.8 Å². The molecule has 1 aromatic carbocycles. The lowest BCUT2D eigenvalue weighted by molar-refractivity contribution is 0.0375. The second-order valence-electron chi connectivity index (χ2n) is 5.19. The fourth-order valence-electron chi connectivity index (χ4n) is 2.73. The summed E-state index contributed by atoms with van der Waals surface area (Å²) in [6, 6.07) is 13.2. The number of ether oxygens (including phenoxy) is 1. The van der Waals surface area contributed by atoms with Gasteiger partial charge in [-0.3, -0.25) is 4.90 Å². The van der Waals surface area contributed by atoms with Crippen LogP contribution in [0.1, 0.15) is 12.0 Å². The molecule has 0 aliphatic carbocycles. The second kappa shape index (κ2) is 7.02. The standard InChI is InChI=1S/C17H21NOS/c1-2-7-16(17-8-4-14-20-17)15(5-1)6-3-9-18-10-12-19-13-11-18/h1-2,4-5,7-8,14H,3,6,9-13H2. The van der Waals surface area contributed by atoms with Crippen molar-refractivity contribution in [2.45, 2.75) is 12.8 Å². The Labute approximate surface area is 125 Å². The van der Waals surface area contributed by atoms with Gasteiger partial charge in [-0.25, -0.2) is 0 Å². The molecule has 1 aliphatic heterocycles. The lowest BCUT2D eigenvalue weighted by Crippen LogP contribution is -2.36. The van der Waals surface area contributed by atoms with Gasteiger partial charge in [0.05, 0.1) is 13.2 Å². The minimum Gasteiger partial charge on any atom is -0.379 e. The Morgan fingerprint density at radius 3 is 2.70 bits per heavy atom. The van der Waals surface area contributed by atoms with Crippen LogP contribution in [0, 0.1) is 0 Å². The van der Waals surface area contributed by atoms with E-state index in [0.29, 0.717) is 0 Å². The number of benzene rings is 1. The third kappa shape index (κ3) is 3.48. The maximum atomic E-state index is 5.39. The molecule has 20 heavy (non-hydrogen) atoms. The summed E-state index contributed by atoms with van der Waals surface area (Å²) in [5.74, 6) is 0. The van der Waals surface area contributed by atoms with Crippen LogP contribution in [-0.2, 0) is 11.2 Å². The molecule has 1 saturated heterocycles. The summed E-state index contributed by atoms with van der Waals surface area (Å²) in [5.41, 5.74) is 2.88. The van der Waals surface area contributed by atoms with Gasteiger partial charge in [-0.15, -0.1) is 11.3 Å². The van der Waals surface area contributed by atoms with Gasteiger partial charge in [-0.1, -0.05) is 30.3 Å². The topological polar surface area (TPSA) is 12.5 Å². The minimum atomic E-state index is 0.895. The first-order valence-electron chi connectivity index (χ1n) is 7.35. The zero-order chi connectivity index (χ0) is 13.6. The molecule has 0 atom stereocenters. The monoisotopic (exact) mass is 287 g/mol. The van der Waals surface area contributed by atoms with Crippen LogP contribution < -0.4 is 0 Å². The maximum Gasteiger partial charge on any atom is 0.0594 e. The average Bonchev–Trinajstić information content (AvgIpc) is 3.03. The van der Waals surface area contributed by atoms with Crippen molar-refractivity contribution in [3.8, 4) is 10.4 Å². The van der Waals surface area contributed by atoms with E-state index in [1.54, 1.807) is 0 Å². The average molecular weight is 287 g/mol. The zero-order valence-electron chi connectivity index (χ0n) is 11.8. The van der Waals surface area contributed by atoms with Gasteiger partial charge >= 0.3 is 0 Å². The molecule has 1 aliphatic rings. The molecule has 0 N–H and O–H groups in total. The lowest BCUT2D eigenvalue weighted by atomic mass is 10.0.